The van der Waals surface area contributed by atoms with Crippen LogP contribution in [0.4, 0.5) is 23.0 Å². The molecule has 3 aromatic carbocycles. The minimum Gasteiger partial charge on any atom is -0.497 e. The van der Waals surface area contributed by atoms with Crippen molar-refractivity contribution in [2.24, 2.45) is 0 Å². The van der Waals surface area contributed by atoms with Crippen molar-refractivity contribution >= 4 is 50.8 Å². The number of nitrogens with one attached hydrogen (secondary N) is 1. The maximum Gasteiger partial charge on any atom is 0.253 e. The molecule has 0 fully saturated rings. The number of fused-ring (bicyclic) bond motifs is 1. The molecule has 1 heterocycles. The van der Waals surface area contributed by atoms with Gasteiger partial charge in [0.25, 0.3) is 5.91 Å². The molecule has 0 saturated carbocycles. The van der Waals surface area contributed by atoms with E-state index in [4.69, 9.17) is 14.5 Å². The Hall–Kier alpha value is -4.42. The number of anilines is 4. The van der Waals surface area contributed by atoms with E-state index in [9.17, 15) is 13.2 Å². The second kappa shape index (κ2) is 12.6. The number of ether oxygens (including phenoxy) is 2. The molecule has 0 aliphatic rings. The first kappa shape index (κ1) is 28.6. The van der Waals surface area contributed by atoms with Crippen molar-refractivity contribution in [2.45, 2.75) is 0 Å². The summed E-state index contributed by atoms with van der Waals surface area (Å²) in [5.74, 6) is 1.08. The number of hydrogen-bond acceptors (Lipinski definition) is 9. The number of amides is 1. The fourth-order valence-corrected chi connectivity index (χ4v) is 4.58. The zero-order valence-corrected chi connectivity index (χ0v) is 23.9. The van der Waals surface area contributed by atoms with Gasteiger partial charge < -0.3 is 24.6 Å². The Kier molecular flexibility index (Phi) is 9.02. The van der Waals surface area contributed by atoms with E-state index < -0.39 is 10.9 Å². The third-order valence-electron chi connectivity index (χ3n) is 6.10. The molecule has 4 rings (SSSR count). The van der Waals surface area contributed by atoms with Gasteiger partial charge in [-0.05, 0) is 44.4 Å². The Morgan fingerprint density at radius 1 is 0.850 bits per heavy atom. The number of carbonyl (C=O) groups excluding carboxylic acids is 1. The molecule has 1 N–H and O–H groups in total. The Labute approximate surface area is 235 Å². The van der Waals surface area contributed by atoms with Gasteiger partial charge in [-0.2, -0.15) is 0 Å². The van der Waals surface area contributed by atoms with Crippen LogP contribution in [0.1, 0.15) is 10.4 Å². The topological polar surface area (TPSA) is 117 Å². The first-order valence-corrected chi connectivity index (χ1v) is 13.5. The Morgan fingerprint density at radius 3 is 2.10 bits per heavy atom. The number of aromatic nitrogens is 2. The van der Waals surface area contributed by atoms with Gasteiger partial charge in [-0.1, -0.05) is 18.2 Å². The zero-order valence-electron chi connectivity index (χ0n) is 23.0. The molecule has 0 radical (unpaired) electrons. The molecule has 0 aliphatic heterocycles. The van der Waals surface area contributed by atoms with Crippen molar-refractivity contribution in [1.82, 2.24) is 19.8 Å². The largest absolute Gasteiger partial charge is 0.497 e. The van der Waals surface area contributed by atoms with Gasteiger partial charge in [-0.15, -0.1) is 0 Å². The molecule has 0 unspecified atom stereocenters. The molecule has 40 heavy (non-hydrogen) atoms. The lowest BCUT2D eigenvalue weighted by Crippen LogP contribution is -2.33. The van der Waals surface area contributed by atoms with E-state index in [2.05, 4.69) is 10.3 Å². The van der Waals surface area contributed by atoms with Gasteiger partial charge in [-0.25, -0.2) is 22.7 Å². The Morgan fingerprint density at radius 2 is 1.50 bits per heavy atom. The minimum absolute atomic E-state index is 0.0437. The van der Waals surface area contributed by atoms with Gasteiger partial charge in [-0.3, -0.25) is 4.79 Å². The highest BCUT2D eigenvalue weighted by molar-refractivity contribution is 7.74. The van der Waals surface area contributed by atoms with Crippen LogP contribution in [-0.2, 0) is 10.9 Å². The van der Waals surface area contributed by atoms with Crippen molar-refractivity contribution in [3.05, 3.63) is 72.3 Å². The third-order valence-corrected chi connectivity index (χ3v) is 6.84. The lowest BCUT2D eigenvalue weighted by Gasteiger charge is -2.22. The highest BCUT2D eigenvalue weighted by Crippen LogP contribution is 2.35. The minimum atomic E-state index is -3.23. The van der Waals surface area contributed by atoms with E-state index >= 15 is 0 Å². The number of hydrogen-bond donors (Lipinski definition) is 2. The second-order valence-corrected chi connectivity index (χ2v) is 10.1. The summed E-state index contributed by atoms with van der Waals surface area (Å²) in [6.07, 6.45) is 0. The van der Waals surface area contributed by atoms with E-state index in [1.807, 2.05) is 25.1 Å². The molecule has 0 atom stereocenters. The number of nitrogens with zero attached hydrogens (tertiary/aromatic N) is 5. The second-order valence-electron chi connectivity index (χ2n) is 9.24. The summed E-state index contributed by atoms with van der Waals surface area (Å²) in [7, 11) is 5.41. The van der Waals surface area contributed by atoms with E-state index in [0.717, 1.165) is 4.31 Å². The monoisotopic (exact) mass is 564 g/mol. The lowest BCUT2D eigenvalue weighted by molar-refractivity contribution is 0.0786. The van der Waals surface area contributed by atoms with Gasteiger partial charge in [0.2, 0.25) is 10.9 Å². The van der Waals surface area contributed by atoms with Crippen LogP contribution in [0.2, 0.25) is 0 Å². The van der Waals surface area contributed by atoms with Gasteiger partial charge in [0.1, 0.15) is 11.5 Å². The number of likely N-dealkylation sites (N-methyl/N-ethyl adjacent to an activating group) is 2. The molecule has 4 aromatic rings. The van der Waals surface area contributed by atoms with Crippen molar-refractivity contribution in [2.75, 3.05) is 58.1 Å². The van der Waals surface area contributed by atoms with Gasteiger partial charge in [0.05, 0.1) is 30.9 Å². The fraction of sp³-hybridized carbons (Fsp3) is 0.250. The summed E-state index contributed by atoms with van der Waals surface area (Å²) >= 11 is 0. The van der Waals surface area contributed by atoms with E-state index in [0.29, 0.717) is 46.9 Å². The van der Waals surface area contributed by atoms with Crippen LogP contribution in [0.15, 0.2) is 66.7 Å². The molecular weight excluding hydrogens is 532 g/mol. The number of benzene rings is 3. The van der Waals surface area contributed by atoms with Crippen LogP contribution in [0, 0.1) is 0 Å². The fourth-order valence-electron chi connectivity index (χ4n) is 3.98. The zero-order chi connectivity index (χ0) is 28.8. The predicted octanol–water partition coefficient (Wildman–Crippen LogP) is 3.69. The molecule has 210 valence electrons. The summed E-state index contributed by atoms with van der Waals surface area (Å²) in [6, 6.07) is 18.8. The first-order chi connectivity index (χ1) is 19.2. The summed E-state index contributed by atoms with van der Waals surface area (Å²) in [6.45, 7) is 1.21. The smallest absolute Gasteiger partial charge is 0.253 e. The molecule has 12 heteroatoms. The van der Waals surface area contributed by atoms with Crippen molar-refractivity contribution < 1.29 is 22.7 Å². The van der Waals surface area contributed by atoms with Crippen LogP contribution in [0.5, 0.6) is 11.5 Å². The average Bonchev–Trinajstić information content (AvgIpc) is 2.95. The summed E-state index contributed by atoms with van der Waals surface area (Å²) in [5.41, 5.74) is 2.22. The normalized spacial score (nSPS) is 11.1. The summed E-state index contributed by atoms with van der Waals surface area (Å²) in [4.78, 5) is 26.1. The molecule has 0 spiro atoms. The Bertz CT molecular complexity index is 1560. The standard InChI is InChI=1S/C28H32N6O5S/c1-32(2)13-14-33(3)28(35)19-9-8-10-21(15-19)34(40(36)37)27-26(30-24-11-6-7-12-25(24)31-27)29-20-16-22(38-4)18-23(17-20)39-5/h6-12,15-18,40H,13-14H2,1-5H3,(H,29,30). The average molecular weight is 565 g/mol. The number of para-hydroxylation sites is 2. The van der Waals surface area contributed by atoms with E-state index in [1.165, 1.54) is 20.3 Å². The third kappa shape index (κ3) is 6.58. The number of methoxy groups -OCH3 is 2. The van der Waals surface area contributed by atoms with Crippen LogP contribution >= 0.6 is 0 Å². The number of rotatable bonds is 11. The quantitative estimate of drug-likeness (QED) is 0.263. The predicted molar refractivity (Wildman–Crippen MR) is 157 cm³/mol. The maximum absolute atomic E-state index is 13.1. The summed E-state index contributed by atoms with van der Waals surface area (Å²) in [5, 5.41) is 3.18. The van der Waals surface area contributed by atoms with Gasteiger partial charge >= 0.3 is 0 Å². The summed E-state index contributed by atoms with van der Waals surface area (Å²) < 4.78 is 37.3. The van der Waals surface area contributed by atoms with Crippen LogP contribution in [-0.4, -0.2) is 82.5 Å². The first-order valence-electron chi connectivity index (χ1n) is 12.4. The van der Waals surface area contributed by atoms with Crippen LogP contribution in [0.3, 0.4) is 0 Å². The highest BCUT2D eigenvalue weighted by Gasteiger charge is 2.22. The van der Waals surface area contributed by atoms with Gasteiger partial charge in [0.15, 0.2) is 11.6 Å². The van der Waals surface area contributed by atoms with Crippen molar-refractivity contribution in [3.63, 3.8) is 0 Å². The lowest BCUT2D eigenvalue weighted by atomic mass is 10.1. The SMILES string of the molecule is COc1cc(Nc2nc3ccccc3nc2N(c2cccc(C(=O)N(C)CCN(C)C)c2)[SH](=O)=O)cc(OC)c1. The van der Waals surface area contributed by atoms with Crippen molar-refractivity contribution in [1.29, 1.82) is 0 Å². The van der Waals surface area contributed by atoms with Gasteiger partial charge in [0, 0.05) is 49.6 Å². The molecule has 0 aliphatic carbocycles. The van der Waals surface area contributed by atoms with Crippen molar-refractivity contribution in [3.8, 4) is 11.5 Å². The highest BCUT2D eigenvalue weighted by atomic mass is 32.2. The van der Waals surface area contributed by atoms with Crippen LogP contribution in [0.25, 0.3) is 11.0 Å². The Balaban J connectivity index is 1.81. The number of thiol groups is 1. The molecular formula is C28H32N6O5S. The van der Waals surface area contributed by atoms with E-state index in [-0.39, 0.29) is 23.2 Å². The molecule has 0 bridgehead atoms. The molecule has 1 aromatic heterocycles. The molecule has 11 nitrogen and oxygen atoms in total. The molecule has 0 saturated heterocycles. The van der Waals surface area contributed by atoms with Crippen LogP contribution < -0.4 is 19.1 Å². The molecule has 1 amide bonds. The number of carbonyl (C=O) groups is 1. The van der Waals surface area contributed by atoms with E-state index in [1.54, 1.807) is 66.5 Å². The maximum atomic E-state index is 13.1.